The van der Waals surface area contributed by atoms with Gasteiger partial charge >= 0.3 is 0 Å². The van der Waals surface area contributed by atoms with Crippen LogP contribution in [0.25, 0.3) is 0 Å². The molecule has 2 heterocycles. The van der Waals surface area contributed by atoms with E-state index in [0.717, 1.165) is 30.4 Å². The normalized spacial score (nSPS) is 14.6. The Kier molecular flexibility index (Phi) is 6.78. The van der Waals surface area contributed by atoms with Gasteiger partial charge < -0.3 is 19.7 Å². The van der Waals surface area contributed by atoms with Gasteiger partial charge in [-0.25, -0.2) is 4.98 Å². The molecule has 1 N–H and O–H groups in total. The molecule has 1 amide bonds. The maximum atomic E-state index is 12.5. The molecule has 0 saturated carbocycles. The molecule has 0 spiro atoms. The summed E-state index contributed by atoms with van der Waals surface area (Å²) >= 11 is 3.41. The zero-order valence-corrected chi connectivity index (χ0v) is 18.1. The van der Waals surface area contributed by atoms with Crippen molar-refractivity contribution >= 4 is 27.7 Å². The molecule has 1 aromatic carbocycles. The number of hydrogen-bond acceptors (Lipinski definition) is 5. The summed E-state index contributed by atoms with van der Waals surface area (Å²) in [7, 11) is 3.11. The zero-order chi connectivity index (χ0) is 20.1. The van der Waals surface area contributed by atoms with Gasteiger partial charge in [-0.05, 0) is 58.5 Å². The van der Waals surface area contributed by atoms with E-state index in [2.05, 4.69) is 38.1 Å². The number of amides is 1. The average molecular weight is 448 g/mol. The van der Waals surface area contributed by atoms with Crippen molar-refractivity contribution in [2.75, 3.05) is 32.2 Å². The van der Waals surface area contributed by atoms with Crippen LogP contribution in [0.1, 0.15) is 35.7 Å². The third-order valence-electron chi connectivity index (χ3n) is 5.08. The lowest BCUT2D eigenvalue weighted by Gasteiger charge is -2.31. The van der Waals surface area contributed by atoms with Gasteiger partial charge in [-0.3, -0.25) is 4.79 Å². The van der Waals surface area contributed by atoms with E-state index in [4.69, 9.17) is 9.47 Å². The van der Waals surface area contributed by atoms with Crippen LogP contribution < -0.4 is 19.7 Å². The Morgan fingerprint density at radius 3 is 2.39 bits per heavy atom. The number of nitrogens with zero attached hydrogens (tertiary/aromatic N) is 2. The lowest BCUT2D eigenvalue weighted by molar-refractivity contribution is 0.0950. The number of hydrogen-bond donors (Lipinski definition) is 1. The van der Waals surface area contributed by atoms with Crippen molar-refractivity contribution in [2.45, 2.75) is 26.3 Å². The Morgan fingerprint density at radius 2 is 1.86 bits per heavy atom. The highest BCUT2D eigenvalue weighted by atomic mass is 79.9. The van der Waals surface area contributed by atoms with Crippen LogP contribution in [0.15, 0.2) is 34.9 Å². The van der Waals surface area contributed by atoms with Crippen LogP contribution >= 0.6 is 15.9 Å². The van der Waals surface area contributed by atoms with Crippen molar-refractivity contribution in [3.63, 3.8) is 0 Å². The molecule has 1 fully saturated rings. The van der Waals surface area contributed by atoms with Gasteiger partial charge in [0.15, 0.2) is 0 Å². The second kappa shape index (κ2) is 9.28. The Morgan fingerprint density at radius 1 is 1.21 bits per heavy atom. The van der Waals surface area contributed by atoms with E-state index < -0.39 is 0 Å². The SMILES string of the molecule is COc1cc(C(=O)NCc2ccc(N3CCC(C)CC3)nc2)cc(OC)c1Br. The number of rotatable bonds is 6. The van der Waals surface area contributed by atoms with Crippen LogP contribution in [0.4, 0.5) is 5.82 Å². The van der Waals surface area contributed by atoms with Crippen molar-refractivity contribution in [1.82, 2.24) is 10.3 Å². The van der Waals surface area contributed by atoms with Gasteiger partial charge in [-0.2, -0.15) is 0 Å². The Labute approximate surface area is 174 Å². The summed E-state index contributed by atoms with van der Waals surface area (Å²) < 4.78 is 11.3. The van der Waals surface area contributed by atoms with Gasteiger partial charge in [0.1, 0.15) is 21.8 Å². The molecular formula is C21H26BrN3O3. The summed E-state index contributed by atoms with van der Waals surface area (Å²) in [6, 6.07) is 7.41. The van der Waals surface area contributed by atoms with E-state index in [1.54, 1.807) is 26.4 Å². The van der Waals surface area contributed by atoms with Gasteiger partial charge in [0.05, 0.1) is 14.2 Å². The summed E-state index contributed by atoms with van der Waals surface area (Å²) in [4.78, 5) is 19.4. The number of nitrogens with one attached hydrogen (secondary N) is 1. The molecule has 0 atom stereocenters. The van der Waals surface area contributed by atoms with Gasteiger partial charge in [-0.15, -0.1) is 0 Å². The molecule has 0 aliphatic carbocycles. The third kappa shape index (κ3) is 4.76. The first-order valence-electron chi connectivity index (χ1n) is 9.41. The molecule has 6 nitrogen and oxygen atoms in total. The van der Waals surface area contributed by atoms with Gasteiger partial charge in [0, 0.05) is 31.4 Å². The van der Waals surface area contributed by atoms with Crippen LogP contribution in [-0.4, -0.2) is 38.2 Å². The molecule has 150 valence electrons. The molecule has 7 heteroatoms. The Balaban J connectivity index is 1.62. The van der Waals surface area contributed by atoms with Crippen molar-refractivity contribution in [1.29, 1.82) is 0 Å². The maximum absolute atomic E-state index is 12.5. The lowest BCUT2D eigenvalue weighted by atomic mass is 9.99. The second-order valence-corrected chi connectivity index (χ2v) is 7.86. The number of pyridine rings is 1. The van der Waals surface area contributed by atoms with E-state index >= 15 is 0 Å². The molecule has 1 saturated heterocycles. The molecule has 28 heavy (non-hydrogen) atoms. The summed E-state index contributed by atoms with van der Waals surface area (Å²) in [5.74, 6) is 2.70. The Hall–Kier alpha value is -2.28. The number of benzene rings is 1. The number of carbonyl (C=O) groups is 1. The number of anilines is 1. The van der Waals surface area contributed by atoms with Crippen molar-refractivity contribution < 1.29 is 14.3 Å². The summed E-state index contributed by atoms with van der Waals surface area (Å²) in [5.41, 5.74) is 1.43. The molecule has 0 bridgehead atoms. The minimum Gasteiger partial charge on any atom is -0.495 e. The quantitative estimate of drug-likeness (QED) is 0.723. The van der Waals surface area contributed by atoms with Crippen LogP contribution in [-0.2, 0) is 6.54 Å². The molecule has 1 aromatic heterocycles. The van der Waals surface area contributed by atoms with E-state index in [-0.39, 0.29) is 5.91 Å². The number of aromatic nitrogens is 1. The van der Waals surface area contributed by atoms with Crippen LogP contribution in [0.5, 0.6) is 11.5 Å². The van der Waals surface area contributed by atoms with Gasteiger partial charge in [0.25, 0.3) is 5.91 Å². The highest BCUT2D eigenvalue weighted by Crippen LogP contribution is 2.35. The fourth-order valence-corrected chi connectivity index (χ4v) is 3.78. The number of halogens is 1. The molecule has 0 unspecified atom stereocenters. The lowest BCUT2D eigenvalue weighted by Crippen LogP contribution is -2.33. The monoisotopic (exact) mass is 447 g/mol. The molecule has 3 rings (SSSR count). The molecule has 0 radical (unpaired) electrons. The van der Waals surface area contributed by atoms with Crippen LogP contribution in [0, 0.1) is 5.92 Å². The summed E-state index contributed by atoms with van der Waals surface area (Å²) in [6.07, 6.45) is 4.25. The topological polar surface area (TPSA) is 63.7 Å². The van der Waals surface area contributed by atoms with E-state index in [9.17, 15) is 4.79 Å². The predicted molar refractivity (Wildman–Crippen MR) is 113 cm³/mol. The minimum atomic E-state index is -0.196. The molecular weight excluding hydrogens is 422 g/mol. The summed E-state index contributed by atoms with van der Waals surface area (Å²) in [5, 5.41) is 2.92. The van der Waals surface area contributed by atoms with Crippen LogP contribution in [0.3, 0.4) is 0 Å². The molecule has 1 aliphatic rings. The number of methoxy groups -OCH3 is 2. The molecule has 1 aliphatic heterocycles. The van der Waals surface area contributed by atoms with Crippen molar-refractivity contribution in [3.8, 4) is 11.5 Å². The first kappa shape index (κ1) is 20.5. The molecule has 2 aromatic rings. The number of carbonyl (C=O) groups excluding carboxylic acids is 1. The number of ether oxygens (including phenoxy) is 2. The fourth-order valence-electron chi connectivity index (χ4n) is 3.23. The first-order valence-corrected chi connectivity index (χ1v) is 10.2. The second-order valence-electron chi connectivity index (χ2n) is 7.07. The van der Waals surface area contributed by atoms with E-state index in [1.165, 1.54) is 12.8 Å². The standard InChI is InChI=1S/C21H26BrN3O3/c1-14-6-8-25(9-7-14)19-5-4-15(12-23-19)13-24-21(26)16-10-17(27-2)20(22)18(11-16)28-3/h4-5,10-12,14H,6-9,13H2,1-3H3,(H,24,26). The first-order chi connectivity index (χ1) is 13.5. The highest BCUT2D eigenvalue weighted by molar-refractivity contribution is 9.10. The largest absolute Gasteiger partial charge is 0.495 e. The minimum absolute atomic E-state index is 0.196. The van der Waals surface area contributed by atoms with E-state index in [1.807, 2.05) is 18.3 Å². The van der Waals surface area contributed by atoms with Crippen molar-refractivity contribution in [2.24, 2.45) is 5.92 Å². The third-order valence-corrected chi connectivity index (χ3v) is 5.86. The smallest absolute Gasteiger partial charge is 0.251 e. The van der Waals surface area contributed by atoms with Crippen LogP contribution in [0.2, 0.25) is 0 Å². The highest BCUT2D eigenvalue weighted by Gasteiger charge is 2.17. The number of piperidine rings is 1. The predicted octanol–water partition coefficient (Wildman–Crippen LogP) is 4.03. The fraction of sp³-hybridized carbons (Fsp3) is 0.429. The van der Waals surface area contributed by atoms with Gasteiger partial charge in [0.2, 0.25) is 0 Å². The summed E-state index contributed by atoms with van der Waals surface area (Å²) in [6.45, 7) is 4.81. The zero-order valence-electron chi connectivity index (χ0n) is 16.5. The van der Waals surface area contributed by atoms with Gasteiger partial charge in [-0.1, -0.05) is 13.0 Å². The van der Waals surface area contributed by atoms with E-state index in [0.29, 0.717) is 28.1 Å². The van der Waals surface area contributed by atoms with Crippen molar-refractivity contribution in [3.05, 3.63) is 46.1 Å². The maximum Gasteiger partial charge on any atom is 0.251 e. The average Bonchev–Trinajstić information content (AvgIpc) is 2.73. The Bertz CT molecular complexity index is 793.